The number of para-hydroxylation sites is 1. The topological polar surface area (TPSA) is 62.3 Å². The quantitative estimate of drug-likeness (QED) is 0.943. The highest BCUT2D eigenvalue weighted by Gasteiger charge is 2.29. The molecule has 0 bridgehead atoms. The summed E-state index contributed by atoms with van der Waals surface area (Å²) >= 11 is 0. The molecule has 1 aliphatic carbocycles. The molecule has 0 unspecified atom stereocenters. The van der Waals surface area contributed by atoms with E-state index in [-0.39, 0.29) is 17.7 Å². The van der Waals surface area contributed by atoms with Crippen molar-refractivity contribution in [2.75, 3.05) is 17.3 Å². The number of rotatable bonds is 4. The smallest absolute Gasteiger partial charge is 0.258 e. The molecule has 0 saturated heterocycles. The van der Waals surface area contributed by atoms with Crippen molar-refractivity contribution in [3.05, 3.63) is 54.2 Å². The van der Waals surface area contributed by atoms with Gasteiger partial charge in [0.2, 0.25) is 5.91 Å². The van der Waals surface area contributed by atoms with Gasteiger partial charge in [-0.25, -0.2) is 4.98 Å². The molecule has 3 rings (SSSR count). The largest absolute Gasteiger partial charge is 0.311 e. The van der Waals surface area contributed by atoms with E-state index in [1.54, 1.807) is 24.1 Å². The molecule has 1 aromatic heterocycles. The first-order valence-electron chi connectivity index (χ1n) is 7.25. The van der Waals surface area contributed by atoms with Crippen LogP contribution < -0.4 is 10.2 Å². The normalized spacial score (nSPS) is 13.5. The second-order valence-electron chi connectivity index (χ2n) is 5.39. The number of carbonyl (C=O) groups is 2. The third-order valence-corrected chi connectivity index (χ3v) is 3.65. The zero-order chi connectivity index (χ0) is 15.5. The molecular formula is C17H17N3O2. The minimum Gasteiger partial charge on any atom is -0.311 e. The molecule has 22 heavy (non-hydrogen) atoms. The summed E-state index contributed by atoms with van der Waals surface area (Å²) in [7, 11) is 1.72. The molecule has 1 saturated carbocycles. The second kappa shape index (κ2) is 5.97. The van der Waals surface area contributed by atoms with Crippen LogP contribution in [0.25, 0.3) is 0 Å². The van der Waals surface area contributed by atoms with E-state index in [4.69, 9.17) is 0 Å². The van der Waals surface area contributed by atoms with E-state index >= 15 is 0 Å². The lowest BCUT2D eigenvalue weighted by Crippen LogP contribution is -2.26. The number of carbonyl (C=O) groups excluding carboxylic acids is 2. The Labute approximate surface area is 129 Å². The summed E-state index contributed by atoms with van der Waals surface area (Å²) in [6, 6.07) is 12.7. The van der Waals surface area contributed by atoms with Crippen LogP contribution in [0.5, 0.6) is 0 Å². The molecule has 1 N–H and O–H groups in total. The fourth-order valence-corrected chi connectivity index (χ4v) is 2.17. The van der Waals surface area contributed by atoms with Gasteiger partial charge in [-0.2, -0.15) is 0 Å². The number of pyridine rings is 1. The van der Waals surface area contributed by atoms with E-state index in [9.17, 15) is 9.59 Å². The van der Waals surface area contributed by atoms with Gasteiger partial charge in [-0.05, 0) is 37.1 Å². The van der Waals surface area contributed by atoms with Crippen LogP contribution in [0.3, 0.4) is 0 Å². The van der Waals surface area contributed by atoms with E-state index in [1.807, 2.05) is 30.3 Å². The average molecular weight is 295 g/mol. The molecule has 1 heterocycles. The van der Waals surface area contributed by atoms with Crippen molar-refractivity contribution in [2.45, 2.75) is 12.8 Å². The number of hydrogen-bond acceptors (Lipinski definition) is 3. The predicted molar refractivity (Wildman–Crippen MR) is 84.8 cm³/mol. The van der Waals surface area contributed by atoms with Crippen LogP contribution in [-0.4, -0.2) is 23.8 Å². The number of hydrogen-bond donors (Lipinski definition) is 1. The summed E-state index contributed by atoms with van der Waals surface area (Å²) < 4.78 is 0. The van der Waals surface area contributed by atoms with Gasteiger partial charge < -0.3 is 10.2 Å². The van der Waals surface area contributed by atoms with Crippen LogP contribution in [0.2, 0.25) is 0 Å². The maximum atomic E-state index is 12.5. The van der Waals surface area contributed by atoms with Crippen molar-refractivity contribution < 1.29 is 9.59 Å². The summed E-state index contributed by atoms with van der Waals surface area (Å²) in [4.78, 5) is 30.0. The number of amides is 2. The highest BCUT2D eigenvalue weighted by atomic mass is 16.2. The van der Waals surface area contributed by atoms with Gasteiger partial charge in [-0.1, -0.05) is 18.2 Å². The first kappa shape index (κ1) is 14.3. The first-order chi connectivity index (χ1) is 10.6. The Hall–Kier alpha value is -2.69. The van der Waals surface area contributed by atoms with E-state index in [0.29, 0.717) is 11.4 Å². The number of anilines is 2. The fraction of sp³-hybridized carbons (Fsp3) is 0.235. The number of nitrogens with one attached hydrogen (secondary N) is 1. The SMILES string of the molecule is CN(C(=O)c1ccnc(NC(=O)C2CC2)c1)c1ccccc1. The molecule has 0 spiro atoms. The van der Waals surface area contributed by atoms with Gasteiger partial charge in [-0.15, -0.1) is 0 Å². The molecule has 5 nitrogen and oxygen atoms in total. The summed E-state index contributed by atoms with van der Waals surface area (Å²) in [6.45, 7) is 0. The maximum absolute atomic E-state index is 12.5. The lowest BCUT2D eigenvalue weighted by molar-refractivity contribution is -0.117. The van der Waals surface area contributed by atoms with Gasteiger partial charge in [-0.3, -0.25) is 9.59 Å². The highest BCUT2D eigenvalue weighted by molar-refractivity contribution is 6.06. The van der Waals surface area contributed by atoms with E-state index in [0.717, 1.165) is 18.5 Å². The van der Waals surface area contributed by atoms with Gasteiger partial charge >= 0.3 is 0 Å². The van der Waals surface area contributed by atoms with Crippen molar-refractivity contribution >= 4 is 23.3 Å². The third kappa shape index (κ3) is 3.14. The Morgan fingerprint density at radius 3 is 2.59 bits per heavy atom. The summed E-state index contributed by atoms with van der Waals surface area (Å²) in [6.07, 6.45) is 3.40. The number of nitrogens with zero attached hydrogens (tertiary/aromatic N) is 2. The van der Waals surface area contributed by atoms with Gasteiger partial charge in [0.15, 0.2) is 0 Å². The molecule has 112 valence electrons. The molecule has 2 amide bonds. The highest BCUT2D eigenvalue weighted by Crippen LogP contribution is 2.30. The number of aromatic nitrogens is 1. The average Bonchev–Trinajstić information content (AvgIpc) is 3.39. The monoisotopic (exact) mass is 295 g/mol. The summed E-state index contributed by atoms with van der Waals surface area (Å²) in [5.74, 6) is 0.362. The molecular weight excluding hydrogens is 278 g/mol. The summed E-state index contributed by atoms with van der Waals surface area (Å²) in [5.41, 5.74) is 1.31. The second-order valence-corrected chi connectivity index (χ2v) is 5.39. The van der Waals surface area contributed by atoms with Gasteiger partial charge in [0.05, 0.1) is 0 Å². The molecule has 0 aliphatic heterocycles. The van der Waals surface area contributed by atoms with Gasteiger partial charge in [0.1, 0.15) is 5.82 Å². The van der Waals surface area contributed by atoms with Crippen molar-refractivity contribution in [2.24, 2.45) is 5.92 Å². The molecule has 0 radical (unpaired) electrons. The third-order valence-electron chi connectivity index (χ3n) is 3.65. The Kier molecular flexibility index (Phi) is 3.87. The molecule has 1 fully saturated rings. The van der Waals surface area contributed by atoms with Gasteiger partial charge in [0.25, 0.3) is 5.91 Å². The van der Waals surface area contributed by atoms with Crippen LogP contribution in [0, 0.1) is 5.92 Å². The Morgan fingerprint density at radius 2 is 1.91 bits per heavy atom. The van der Waals surface area contributed by atoms with Crippen molar-refractivity contribution in [1.82, 2.24) is 4.98 Å². The zero-order valence-electron chi connectivity index (χ0n) is 12.3. The van der Waals surface area contributed by atoms with Crippen LogP contribution in [0.1, 0.15) is 23.2 Å². The molecule has 2 aromatic rings. The van der Waals surface area contributed by atoms with Gasteiger partial charge in [0, 0.05) is 30.4 Å². The van der Waals surface area contributed by atoms with Crippen molar-refractivity contribution in [3.63, 3.8) is 0 Å². The van der Waals surface area contributed by atoms with E-state index in [1.165, 1.54) is 6.20 Å². The lowest BCUT2D eigenvalue weighted by atomic mass is 10.2. The zero-order valence-corrected chi connectivity index (χ0v) is 12.3. The Bertz CT molecular complexity index is 696. The maximum Gasteiger partial charge on any atom is 0.258 e. The molecule has 1 aromatic carbocycles. The first-order valence-corrected chi connectivity index (χ1v) is 7.25. The van der Waals surface area contributed by atoms with E-state index in [2.05, 4.69) is 10.3 Å². The minimum atomic E-state index is -0.143. The van der Waals surface area contributed by atoms with Crippen molar-refractivity contribution in [3.8, 4) is 0 Å². The minimum absolute atomic E-state index is 0.0199. The number of benzene rings is 1. The van der Waals surface area contributed by atoms with Crippen LogP contribution in [0.4, 0.5) is 11.5 Å². The summed E-state index contributed by atoms with van der Waals surface area (Å²) in [5, 5.41) is 2.76. The Balaban J connectivity index is 1.76. The molecule has 5 heteroatoms. The van der Waals surface area contributed by atoms with E-state index < -0.39 is 0 Å². The molecule has 1 aliphatic rings. The Morgan fingerprint density at radius 1 is 1.18 bits per heavy atom. The lowest BCUT2D eigenvalue weighted by Gasteiger charge is -2.17. The standard InChI is InChI=1S/C17H17N3O2/c1-20(14-5-3-2-4-6-14)17(22)13-9-10-18-15(11-13)19-16(21)12-7-8-12/h2-6,9-12H,7-8H2,1H3,(H,18,19,21). The van der Waals surface area contributed by atoms with Crippen LogP contribution >= 0.6 is 0 Å². The van der Waals surface area contributed by atoms with Crippen LogP contribution in [-0.2, 0) is 4.79 Å². The van der Waals surface area contributed by atoms with Crippen molar-refractivity contribution in [1.29, 1.82) is 0 Å². The fourth-order valence-electron chi connectivity index (χ4n) is 2.17. The van der Waals surface area contributed by atoms with Crippen LogP contribution in [0.15, 0.2) is 48.7 Å². The predicted octanol–water partition coefficient (Wildman–Crippen LogP) is 2.71. The molecule has 0 atom stereocenters.